The third-order valence-corrected chi connectivity index (χ3v) is 17.3. The van der Waals surface area contributed by atoms with Crippen molar-refractivity contribution < 1.29 is 89.0 Å². The number of allylic oxidation sites excluding steroid dienone is 1. The molecule has 0 unspecified atom stereocenters. The highest BCUT2D eigenvalue weighted by atomic mass is 16.8. The summed E-state index contributed by atoms with van der Waals surface area (Å²) in [6.45, 7) is 8.32. The molecule has 0 aromatic rings. The predicted octanol–water partition coefficient (Wildman–Crippen LogP) is -0.218. The average Bonchev–Trinajstić information content (AvgIpc) is 3.76. The highest BCUT2D eigenvalue weighted by Crippen LogP contribution is 2.70. The van der Waals surface area contributed by atoms with E-state index in [9.17, 15) is 51.1 Å². The average molecular weight is 903 g/mol. The quantitative estimate of drug-likeness (QED) is 0.107. The molecule has 18 nitrogen and oxygen atoms in total. The number of ether oxygens (including phenoxy) is 8. The largest absolute Gasteiger partial charge is 0.494 e. The molecule has 10 N–H and O–H groups in total. The van der Waals surface area contributed by atoms with Gasteiger partial charge in [-0.05, 0) is 111 Å². The molecule has 0 bridgehead atoms. The Morgan fingerprint density at radius 1 is 0.667 bits per heavy atom. The number of methoxy groups -OCH3 is 1. The number of hydrogen-bond donors (Lipinski definition) is 10. The van der Waals surface area contributed by atoms with Gasteiger partial charge >= 0.3 is 0 Å². The fraction of sp³-hybridized carbons (Fsp3) is 0.956. The second-order valence-corrected chi connectivity index (χ2v) is 20.8. The molecule has 4 aliphatic heterocycles. The van der Waals surface area contributed by atoms with E-state index in [1.54, 1.807) is 0 Å². The topological polar surface area (TPSA) is 276 Å². The minimum atomic E-state index is -1.74. The van der Waals surface area contributed by atoms with Crippen LogP contribution in [0.5, 0.6) is 0 Å². The van der Waals surface area contributed by atoms with Gasteiger partial charge in [-0.1, -0.05) is 20.8 Å². The van der Waals surface area contributed by atoms with E-state index in [1.807, 2.05) is 0 Å². The van der Waals surface area contributed by atoms with Gasteiger partial charge in [-0.2, -0.15) is 0 Å². The van der Waals surface area contributed by atoms with Crippen LogP contribution in [0.15, 0.2) is 11.3 Å². The molecular formula is C45H74O18. The summed E-state index contributed by atoms with van der Waals surface area (Å²) in [6.07, 6.45) is -11.9. The molecule has 7 fully saturated rings. The first-order valence-electron chi connectivity index (χ1n) is 23.4. The van der Waals surface area contributed by atoms with Crippen molar-refractivity contribution in [3.8, 4) is 0 Å². The van der Waals surface area contributed by atoms with E-state index in [4.69, 9.17) is 37.9 Å². The molecule has 4 saturated carbocycles. The molecule has 8 aliphatic rings. The molecule has 362 valence electrons. The molecule has 3 saturated heterocycles. The SMILES string of the molecule is CO[C@H]1O[C@@H](OC[C@H](C)CCC2=C(C)[C@H]3[C@H](C[C@H]4[C@@H]5CC[C@@H]6C[C@@H](O[C@@H]7O[C@H](CO)[C@@H](O)[C@H](O)[C@H]7O[C@@H]7O[C@H](CO)[C@@H](O)[C@H](O)[C@H]7O)CC[C@]6(C)[C@H]5CC[C@@]43C)O2)[C@H](O)[C@@H](O)[C@@H]1O. The highest BCUT2D eigenvalue weighted by molar-refractivity contribution is 5.26. The summed E-state index contributed by atoms with van der Waals surface area (Å²) >= 11 is 0. The Kier molecular flexibility index (Phi) is 14.6. The first-order valence-corrected chi connectivity index (χ1v) is 23.4. The van der Waals surface area contributed by atoms with E-state index in [-0.39, 0.29) is 29.0 Å². The van der Waals surface area contributed by atoms with Crippen molar-refractivity contribution >= 4 is 0 Å². The van der Waals surface area contributed by atoms with E-state index in [1.165, 1.54) is 12.7 Å². The summed E-state index contributed by atoms with van der Waals surface area (Å²) in [4.78, 5) is 0. The van der Waals surface area contributed by atoms with Crippen molar-refractivity contribution in [1.29, 1.82) is 0 Å². The van der Waals surface area contributed by atoms with Gasteiger partial charge in [0.1, 0.15) is 73.2 Å². The zero-order valence-electron chi connectivity index (χ0n) is 37.2. The summed E-state index contributed by atoms with van der Waals surface area (Å²) in [5.41, 5.74) is 1.59. The van der Waals surface area contributed by atoms with Crippen molar-refractivity contribution in [3.05, 3.63) is 11.3 Å². The molecule has 0 radical (unpaired) electrons. The van der Waals surface area contributed by atoms with Crippen LogP contribution in [-0.4, -0.2) is 183 Å². The van der Waals surface area contributed by atoms with Crippen LogP contribution >= 0.6 is 0 Å². The van der Waals surface area contributed by atoms with Gasteiger partial charge < -0.3 is 89.0 Å². The maximum atomic E-state index is 11.2. The van der Waals surface area contributed by atoms with Gasteiger partial charge in [-0.25, -0.2) is 0 Å². The summed E-state index contributed by atoms with van der Waals surface area (Å²) in [6, 6.07) is 0. The van der Waals surface area contributed by atoms with Gasteiger partial charge in [0.25, 0.3) is 0 Å². The molecule has 0 spiro atoms. The number of aliphatic hydroxyl groups excluding tert-OH is 10. The van der Waals surface area contributed by atoms with E-state index in [2.05, 4.69) is 27.7 Å². The van der Waals surface area contributed by atoms with Gasteiger partial charge in [0.2, 0.25) is 0 Å². The lowest BCUT2D eigenvalue weighted by Gasteiger charge is -2.61. The first-order chi connectivity index (χ1) is 29.9. The molecule has 4 heterocycles. The number of fused-ring (bicyclic) bond motifs is 7. The fourth-order valence-corrected chi connectivity index (χ4v) is 13.6. The number of hydrogen-bond acceptors (Lipinski definition) is 18. The molecular weight excluding hydrogens is 828 g/mol. The standard InChI is InChI=1S/C45H74O18/c1-19(18-57-41-37(54)34(51)36(53)40(56-5)63-41)6-9-26-20(2)30-27(59-26)15-25-23-8-7-21-14-22(10-12-44(21,3)24(23)11-13-45(25,30)4)58-43-39(35(52)32(49)29(17-47)61-43)62-42-38(55)33(50)31(48)28(16-46)60-42/h19,21-25,27-43,46-55H,6-18H2,1-5H3/t19-,21-,22+,23-,24+,25+,27+,28-,29-,30+,31-,32-,33+,34+,35+,36+,37-,38-,39-,40+,41-,42+,43-,44+,45+/m1/s1. The molecule has 63 heavy (non-hydrogen) atoms. The maximum absolute atomic E-state index is 11.2. The third-order valence-electron chi connectivity index (χ3n) is 17.3. The smallest absolute Gasteiger partial charge is 0.189 e. The molecule has 18 heteroatoms. The summed E-state index contributed by atoms with van der Waals surface area (Å²) in [7, 11) is 1.36. The Morgan fingerprint density at radius 2 is 1.30 bits per heavy atom. The van der Waals surface area contributed by atoms with Gasteiger partial charge in [-0.15, -0.1) is 0 Å². The van der Waals surface area contributed by atoms with Crippen LogP contribution in [0.2, 0.25) is 0 Å². The van der Waals surface area contributed by atoms with Crippen molar-refractivity contribution in [2.24, 2.45) is 46.3 Å². The lowest BCUT2D eigenvalue weighted by molar-refractivity contribution is -0.373. The molecule has 25 atom stereocenters. The molecule has 8 rings (SSSR count). The Balaban J connectivity index is 0.872. The van der Waals surface area contributed by atoms with E-state index >= 15 is 0 Å². The van der Waals surface area contributed by atoms with Crippen LogP contribution < -0.4 is 0 Å². The maximum Gasteiger partial charge on any atom is 0.189 e. The number of aliphatic hydroxyl groups is 10. The van der Waals surface area contributed by atoms with Gasteiger partial charge in [0, 0.05) is 19.4 Å². The lowest BCUT2D eigenvalue weighted by Crippen LogP contribution is -2.65. The monoisotopic (exact) mass is 902 g/mol. The third kappa shape index (κ3) is 8.68. The van der Waals surface area contributed by atoms with Crippen molar-refractivity contribution in [3.63, 3.8) is 0 Å². The highest BCUT2D eigenvalue weighted by Gasteiger charge is 2.65. The van der Waals surface area contributed by atoms with Crippen LogP contribution in [-0.2, 0) is 37.9 Å². The van der Waals surface area contributed by atoms with E-state index in [0.717, 1.165) is 70.0 Å². The van der Waals surface area contributed by atoms with Crippen LogP contribution in [0.4, 0.5) is 0 Å². The van der Waals surface area contributed by atoms with Crippen LogP contribution in [0.3, 0.4) is 0 Å². The summed E-state index contributed by atoms with van der Waals surface area (Å²) in [5.74, 6) is 3.63. The van der Waals surface area contributed by atoms with E-state index in [0.29, 0.717) is 36.2 Å². The molecule has 0 aromatic carbocycles. The predicted molar refractivity (Wildman–Crippen MR) is 217 cm³/mol. The fourth-order valence-electron chi connectivity index (χ4n) is 13.6. The summed E-state index contributed by atoms with van der Waals surface area (Å²) in [5, 5.41) is 104. The zero-order valence-corrected chi connectivity index (χ0v) is 37.2. The molecule has 0 aromatic heterocycles. The Hall–Kier alpha value is -1.14. The minimum absolute atomic E-state index is 0.0982. The zero-order chi connectivity index (χ0) is 45.3. The Morgan fingerprint density at radius 3 is 2.00 bits per heavy atom. The second-order valence-electron chi connectivity index (χ2n) is 20.8. The van der Waals surface area contributed by atoms with Gasteiger partial charge in [-0.3, -0.25) is 0 Å². The Bertz CT molecular complexity index is 1580. The normalized spacial score (nSPS) is 52.7. The molecule has 0 amide bonds. The first kappa shape index (κ1) is 48.3. The molecule has 4 aliphatic carbocycles. The minimum Gasteiger partial charge on any atom is -0.494 e. The van der Waals surface area contributed by atoms with Crippen LogP contribution in [0.25, 0.3) is 0 Å². The van der Waals surface area contributed by atoms with Crippen molar-refractivity contribution in [2.75, 3.05) is 26.9 Å². The van der Waals surface area contributed by atoms with Crippen molar-refractivity contribution in [1.82, 2.24) is 0 Å². The van der Waals surface area contributed by atoms with Crippen LogP contribution in [0.1, 0.15) is 91.9 Å². The van der Waals surface area contributed by atoms with E-state index < -0.39 is 106 Å². The number of rotatable bonds is 13. The Labute approximate surface area is 369 Å². The lowest BCUT2D eigenvalue weighted by atomic mass is 9.44. The van der Waals surface area contributed by atoms with Crippen LogP contribution in [0, 0.1) is 46.3 Å². The second kappa shape index (κ2) is 19.1. The van der Waals surface area contributed by atoms with Gasteiger partial charge in [0.15, 0.2) is 25.2 Å². The van der Waals surface area contributed by atoms with Gasteiger partial charge in [0.05, 0.1) is 31.7 Å². The van der Waals surface area contributed by atoms with Crippen molar-refractivity contribution in [2.45, 2.75) is 196 Å². The summed E-state index contributed by atoms with van der Waals surface area (Å²) < 4.78 is 47.4.